The average molecular weight is 386 g/mol. The van der Waals surface area contributed by atoms with Crippen molar-refractivity contribution >= 4 is 17.6 Å². The number of hydrogen-bond acceptors (Lipinski definition) is 3. The number of nitrogens with one attached hydrogen (secondary N) is 3. The Bertz CT molecular complexity index is 665. The van der Waals surface area contributed by atoms with Crippen LogP contribution in [0.5, 0.6) is 0 Å². The van der Waals surface area contributed by atoms with Gasteiger partial charge in [-0.1, -0.05) is 18.6 Å². The van der Waals surface area contributed by atoms with Gasteiger partial charge in [0.1, 0.15) is 0 Å². The van der Waals surface area contributed by atoms with Crippen molar-refractivity contribution in [2.75, 3.05) is 38.1 Å². The van der Waals surface area contributed by atoms with E-state index in [0.717, 1.165) is 44.9 Å². The van der Waals surface area contributed by atoms with Gasteiger partial charge in [0.25, 0.3) is 0 Å². The molecule has 1 unspecified atom stereocenters. The Morgan fingerprint density at radius 1 is 1.18 bits per heavy atom. The van der Waals surface area contributed by atoms with Crippen molar-refractivity contribution in [3.05, 3.63) is 29.8 Å². The number of rotatable bonds is 8. The molecule has 2 aliphatic rings. The van der Waals surface area contributed by atoms with Crippen LogP contribution in [-0.2, 0) is 4.79 Å². The molecule has 1 saturated heterocycles. The maximum atomic E-state index is 11.8. The van der Waals surface area contributed by atoms with Gasteiger partial charge in [-0.25, -0.2) is 0 Å². The number of hydrogen-bond donors (Lipinski definition) is 3. The number of aliphatic imine (C=N–C) groups is 1. The fraction of sp³-hybridized carbons (Fsp3) is 0.636. The molecular formula is C22H35N5O. The highest BCUT2D eigenvalue weighted by Gasteiger charge is 2.24. The minimum atomic E-state index is 0.173. The van der Waals surface area contributed by atoms with E-state index in [1.54, 1.807) is 7.05 Å². The first-order valence-electron chi connectivity index (χ1n) is 10.8. The third-order valence-electron chi connectivity index (χ3n) is 5.84. The van der Waals surface area contributed by atoms with Crippen molar-refractivity contribution < 1.29 is 4.79 Å². The van der Waals surface area contributed by atoms with Gasteiger partial charge in [-0.2, -0.15) is 0 Å². The summed E-state index contributed by atoms with van der Waals surface area (Å²) in [5.41, 5.74) is 2.58. The molecule has 2 fully saturated rings. The number of carbonyl (C=O) groups is 1. The van der Waals surface area contributed by atoms with Crippen LogP contribution in [0.25, 0.3) is 0 Å². The molecule has 1 aliphatic heterocycles. The highest BCUT2D eigenvalue weighted by atomic mass is 16.1. The van der Waals surface area contributed by atoms with E-state index in [1.807, 2.05) is 0 Å². The Kier molecular flexibility index (Phi) is 7.57. The fourth-order valence-electron chi connectivity index (χ4n) is 3.77. The van der Waals surface area contributed by atoms with Gasteiger partial charge in [-0.15, -0.1) is 0 Å². The van der Waals surface area contributed by atoms with Crippen molar-refractivity contribution in [1.29, 1.82) is 0 Å². The smallest absolute Gasteiger partial charge is 0.223 e. The molecule has 154 valence electrons. The van der Waals surface area contributed by atoms with Crippen molar-refractivity contribution in [1.82, 2.24) is 16.0 Å². The minimum absolute atomic E-state index is 0.173. The summed E-state index contributed by atoms with van der Waals surface area (Å²) in [4.78, 5) is 18.6. The Morgan fingerprint density at radius 3 is 2.61 bits per heavy atom. The maximum Gasteiger partial charge on any atom is 0.223 e. The predicted octanol–water partition coefficient (Wildman–Crippen LogP) is 2.82. The molecule has 0 spiro atoms. The first-order valence-corrected chi connectivity index (χ1v) is 10.8. The van der Waals surface area contributed by atoms with Crippen LogP contribution in [0.15, 0.2) is 29.3 Å². The largest absolute Gasteiger partial charge is 0.372 e. The van der Waals surface area contributed by atoms with E-state index in [0.29, 0.717) is 6.54 Å². The summed E-state index contributed by atoms with van der Waals surface area (Å²) in [6.07, 6.45) is 6.76. The lowest BCUT2D eigenvalue weighted by Crippen LogP contribution is -2.40. The third kappa shape index (κ3) is 5.63. The monoisotopic (exact) mass is 385 g/mol. The zero-order valence-electron chi connectivity index (χ0n) is 17.3. The summed E-state index contributed by atoms with van der Waals surface area (Å²) >= 11 is 0. The number of guanidine groups is 1. The fourth-order valence-corrected chi connectivity index (χ4v) is 3.77. The number of carbonyl (C=O) groups excluding carboxylic acids is 1. The first kappa shape index (κ1) is 20.5. The molecule has 1 atom stereocenters. The normalized spacial score (nSPS) is 18.5. The molecule has 3 rings (SSSR count). The molecule has 0 aromatic heterocycles. The maximum absolute atomic E-state index is 11.8. The molecule has 6 heteroatoms. The van der Waals surface area contributed by atoms with Crippen molar-refractivity contribution in [3.63, 3.8) is 0 Å². The Morgan fingerprint density at radius 2 is 1.93 bits per heavy atom. The molecule has 1 saturated carbocycles. The summed E-state index contributed by atoms with van der Waals surface area (Å²) in [6, 6.07) is 8.97. The van der Waals surface area contributed by atoms with E-state index < -0.39 is 0 Å². The highest BCUT2D eigenvalue weighted by Crippen LogP contribution is 2.26. The van der Waals surface area contributed by atoms with Gasteiger partial charge >= 0.3 is 0 Å². The molecule has 6 nitrogen and oxygen atoms in total. The van der Waals surface area contributed by atoms with E-state index in [-0.39, 0.29) is 17.9 Å². The van der Waals surface area contributed by atoms with E-state index >= 15 is 0 Å². The van der Waals surface area contributed by atoms with E-state index in [4.69, 9.17) is 0 Å². The van der Waals surface area contributed by atoms with E-state index in [2.05, 4.69) is 57.0 Å². The number of anilines is 1. The molecule has 1 aromatic rings. The molecule has 1 amide bonds. The van der Waals surface area contributed by atoms with E-state index in [9.17, 15) is 4.79 Å². The number of benzene rings is 1. The molecule has 0 bridgehead atoms. The van der Waals surface area contributed by atoms with Crippen LogP contribution in [0.1, 0.15) is 57.1 Å². The lowest BCUT2D eigenvalue weighted by Gasteiger charge is -2.24. The summed E-state index contributed by atoms with van der Waals surface area (Å²) in [7, 11) is 1.79. The van der Waals surface area contributed by atoms with Crippen molar-refractivity contribution in [2.24, 2.45) is 10.9 Å². The standard InChI is InChI=1S/C22H35N5O/c1-17(19-10-6-11-20(16-19)27-14-3-4-15-27)26-22(23-2)25-13-7-12-24-21(28)18-8-5-9-18/h6,10-11,16-18H,3-5,7-9,12-15H2,1-2H3,(H,24,28)(H2,23,25,26). The molecule has 1 aliphatic carbocycles. The second-order valence-corrected chi connectivity index (χ2v) is 7.93. The molecular weight excluding hydrogens is 350 g/mol. The van der Waals surface area contributed by atoms with Crippen molar-refractivity contribution in [3.8, 4) is 0 Å². The van der Waals surface area contributed by atoms with Gasteiger partial charge in [-0.3, -0.25) is 9.79 Å². The summed E-state index contributed by atoms with van der Waals surface area (Å²) in [5, 5.41) is 9.85. The number of amides is 1. The van der Waals surface area contributed by atoms with Crippen LogP contribution in [0.4, 0.5) is 5.69 Å². The first-order chi connectivity index (χ1) is 13.7. The summed E-state index contributed by atoms with van der Waals surface area (Å²) in [5.74, 6) is 1.28. The van der Waals surface area contributed by atoms with Gasteiger partial charge in [0, 0.05) is 44.8 Å². The van der Waals surface area contributed by atoms with Gasteiger partial charge in [0.15, 0.2) is 5.96 Å². The SMILES string of the molecule is CN=C(NCCCNC(=O)C1CCC1)NC(C)c1cccc(N2CCCC2)c1. The molecule has 3 N–H and O–H groups in total. The second kappa shape index (κ2) is 10.3. The summed E-state index contributed by atoms with van der Waals surface area (Å²) < 4.78 is 0. The average Bonchev–Trinajstić information content (AvgIpc) is 3.20. The molecule has 0 radical (unpaired) electrons. The van der Waals surface area contributed by atoms with Gasteiger partial charge in [0.2, 0.25) is 5.91 Å². The number of nitrogens with zero attached hydrogens (tertiary/aromatic N) is 2. The zero-order valence-corrected chi connectivity index (χ0v) is 17.3. The molecule has 1 heterocycles. The van der Waals surface area contributed by atoms with Crippen LogP contribution >= 0.6 is 0 Å². The lowest BCUT2D eigenvalue weighted by atomic mass is 9.85. The van der Waals surface area contributed by atoms with Crippen LogP contribution in [-0.4, -0.2) is 45.1 Å². The molecule has 1 aromatic carbocycles. The van der Waals surface area contributed by atoms with Gasteiger partial charge in [-0.05, 0) is 56.7 Å². The molecule has 28 heavy (non-hydrogen) atoms. The Hall–Kier alpha value is -2.24. The van der Waals surface area contributed by atoms with Crippen LogP contribution in [0.2, 0.25) is 0 Å². The Labute approximate surface area is 169 Å². The van der Waals surface area contributed by atoms with Crippen molar-refractivity contribution in [2.45, 2.75) is 51.5 Å². The Balaban J connectivity index is 1.40. The minimum Gasteiger partial charge on any atom is -0.372 e. The quantitative estimate of drug-likeness (QED) is 0.366. The van der Waals surface area contributed by atoms with Gasteiger partial charge < -0.3 is 20.9 Å². The third-order valence-corrected chi connectivity index (χ3v) is 5.84. The predicted molar refractivity (Wildman–Crippen MR) is 116 cm³/mol. The highest BCUT2D eigenvalue weighted by molar-refractivity contribution is 5.80. The lowest BCUT2D eigenvalue weighted by molar-refractivity contribution is -0.127. The summed E-state index contributed by atoms with van der Waals surface area (Å²) in [6.45, 7) is 5.98. The topological polar surface area (TPSA) is 68.8 Å². The van der Waals surface area contributed by atoms with Gasteiger partial charge in [0.05, 0.1) is 6.04 Å². The zero-order chi connectivity index (χ0) is 19.8. The van der Waals surface area contributed by atoms with Crippen LogP contribution < -0.4 is 20.9 Å². The van der Waals surface area contributed by atoms with Crippen LogP contribution in [0.3, 0.4) is 0 Å². The van der Waals surface area contributed by atoms with Crippen LogP contribution in [0, 0.1) is 5.92 Å². The second-order valence-electron chi connectivity index (χ2n) is 7.93. The van der Waals surface area contributed by atoms with E-state index in [1.165, 1.54) is 30.5 Å².